The zero-order valence-electron chi connectivity index (χ0n) is 30.7. The maximum atomic E-state index is 14.7. The number of aliphatic hydroxyl groups is 1. The van der Waals surface area contributed by atoms with E-state index in [0.717, 1.165) is 27.8 Å². The molecule has 0 saturated carbocycles. The number of nitrogens with zero attached hydrogens (tertiary/aromatic N) is 1. The molecule has 0 radical (unpaired) electrons. The van der Waals surface area contributed by atoms with Crippen molar-refractivity contribution in [1.29, 1.82) is 0 Å². The van der Waals surface area contributed by atoms with Gasteiger partial charge < -0.3 is 28.8 Å². The van der Waals surface area contributed by atoms with E-state index < -0.39 is 11.6 Å². The van der Waals surface area contributed by atoms with Gasteiger partial charge in [0.25, 0.3) is 5.91 Å². The second-order valence-electron chi connectivity index (χ2n) is 12.6. The van der Waals surface area contributed by atoms with Crippen LogP contribution in [-0.4, -0.2) is 57.0 Å². The molecule has 10 nitrogen and oxygen atoms in total. The second-order valence-corrected chi connectivity index (χ2v) is 12.6. The minimum atomic E-state index is -1.41. The fourth-order valence-corrected chi connectivity index (χ4v) is 6.31. The molecule has 278 valence electrons. The Labute approximate surface area is 316 Å². The van der Waals surface area contributed by atoms with Crippen LogP contribution in [0.4, 0.5) is 0 Å². The lowest BCUT2D eigenvalue weighted by Crippen LogP contribution is -2.52. The van der Waals surface area contributed by atoms with Gasteiger partial charge in [-0.05, 0) is 64.2 Å². The molecule has 1 amide bonds. The highest BCUT2D eigenvalue weighted by Crippen LogP contribution is 2.43. The Balaban J connectivity index is 1.35. The summed E-state index contributed by atoms with van der Waals surface area (Å²) in [7, 11) is 4.67. The van der Waals surface area contributed by atoms with E-state index in [1.54, 1.807) is 21.3 Å². The molecule has 0 fully saturated rings. The van der Waals surface area contributed by atoms with Crippen molar-refractivity contribution in [3.05, 3.63) is 150 Å². The quantitative estimate of drug-likeness (QED) is 0.0674. The summed E-state index contributed by atoms with van der Waals surface area (Å²) in [4.78, 5) is 19.8. The van der Waals surface area contributed by atoms with Gasteiger partial charge in [-0.1, -0.05) is 97.1 Å². The predicted molar refractivity (Wildman–Crippen MR) is 210 cm³/mol. The van der Waals surface area contributed by atoms with Crippen molar-refractivity contribution in [2.75, 3.05) is 34.5 Å². The van der Waals surface area contributed by atoms with Crippen LogP contribution in [0.15, 0.2) is 132 Å². The van der Waals surface area contributed by atoms with Gasteiger partial charge in [0.2, 0.25) is 11.6 Å². The predicted octanol–water partition coefficient (Wildman–Crippen LogP) is 7.32. The van der Waals surface area contributed by atoms with E-state index in [0.29, 0.717) is 47.5 Å². The van der Waals surface area contributed by atoms with Crippen LogP contribution in [0.1, 0.15) is 41.2 Å². The van der Waals surface area contributed by atoms with Crippen molar-refractivity contribution in [2.45, 2.75) is 31.0 Å². The number of carbonyl (C=O) groups excluding carboxylic acids is 1. The fraction of sp³-hybridized carbons (Fsp3) is 0.227. The van der Waals surface area contributed by atoms with Crippen LogP contribution in [0, 0.1) is 0 Å². The van der Waals surface area contributed by atoms with Gasteiger partial charge in [-0.2, -0.15) is 0 Å². The van der Waals surface area contributed by atoms with E-state index in [2.05, 4.69) is 23.0 Å². The Hall–Kier alpha value is -6.10. The lowest BCUT2D eigenvalue weighted by atomic mass is 9.84. The number of aliphatic hydroxyl groups excluding tert-OH is 1. The molecule has 0 unspecified atom stereocenters. The number of methoxy groups -OCH3 is 3. The third-order valence-corrected chi connectivity index (χ3v) is 9.11. The van der Waals surface area contributed by atoms with Gasteiger partial charge in [0, 0.05) is 31.6 Å². The van der Waals surface area contributed by atoms with E-state index >= 15 is 0 Å². The summed E-state index contributed by atoms with van der Waals surface area (Å²) in [6.07, 6.45) is 3.94. The molecule has 5 aromatic rings. The van der Waals surface area contributed by atoms with Crippen molar-refractivity contribution in [2.24, 2.45) is 4.99 Å². The van der Waals surface area contributed by atoms with Crippen LogP contribution < -0.4 is 29.8 Å². The second kappa shape index (κ2) is 18.1. The number of benzene rings is 5. The topological polar surface area (TPSA) is 120 Å². The molecule has 0 bridgehead atoms. The van der Waals surface area contributed by atoms with Gasteiger partial charge in [-0.3, -0.25) is 10.2 Å². The highest BCUT2D eigenvalue weighted by molar-refractivity contribution is 6.01. The molecule has 1 heterocycles. The van der Waals surface area contributed by atoms with E-state index in [9.17, 15) is 4.79 Å². The first-order chi connectivity index (χ1) is 26.5. The van der Waals surface area contributed by atoms with Crippen LogP contribution in [0.2, 0.25) is 0 Å². The SMILES string of the molecule is COc1cc(CNNC(=O)[C@@]2(C/C=C/c3ccccc3)N=C(c3ccc(OCCCO)cc3)O[C@H]2c2ccc(-c3ccccc3)cc2)cc(OC)c1OC. The van der Waals surface area contributed by atoms with Crippen molar-refractivity contribution in [3.63, 3.8) is 0 Å². The van der Waals surface area contributed by atoms with Crippen molar-refractivity contribution in [3.8, 4) is 34.1 Å². The molecule has 0 aliphatic carbocycles. The first-order valence-electron chi connectivity index (χ1n) is 17.8. The normalized spacial score (nSPS) is 16.4. The maximum Gasteiger partial charge on any atom is 0.266 e. The molecule has 0 saturated heterocycles. The molecular formula is C44H45N3O7. The first kappa shape index (κ1) is 37.7. The number of nitrogens with one attached hydrogen (secondary N) is 2. The molecule has 0 aromatic heterocycles. The number of carbonyl (C=O) groups is 1. The third kappa shape index (κ3) is 8.74. The number of aliphatic imine (C=N–C) groups is 1. The Morgan fingerprint density at radius 2 is 1.44 bits per heavy atom. The summed E-state index contributed by atoms with van der Waals surface area (Å²) >= 11 is 0. The largest absolute Gasteiger partial charge is 0.494 e. The van der Waals surface area contributed by atoms with Crippen LogP contribution in [-0.2, 0) is 16.1 Å². The molecule has 54 heavy (non-hydrogen) atoms. The molecule has 1 aliphatic rings. The summed E-state index contributed by atoms with van der Waals surface area (Å²) < 4.78 is 29.0. The summed E-state index contributed by atoms with van der Waals surface area (Å²) in [6.45, 7) is 0.703. The third-order valence-electron chi connectivity index (χ3n) is 9.11. The van der Waals surface area contributed by atoms with Crippen molar-refractivity contribution < 1.29 is 33.6 Å². The number of hydrogen-bond acceptors (Lipinski definition) is 9. The van der Waals surface area contributed by atoms with Crippen molar-refractivity contribution >= 4 is 17.9 Å². The Morgan fingerprint density at radius 1 is 0.815 bits per heavy atom. The molecule has 0 spiro atoms. The van der Waals surface area contributed by atoms with Gasteiger partial charge in [0.05, 0.1) is 27.9 Å². The molecule has 10 heteroatoms. The van der Waals surface area contributed by atoms with Crippen molar-refractivity contribution in [1.82, 2.24) is 10.9 Å². The molecular weight excluding hydrogens is 682 g/mol. The summed E-state index contributed by atoms with van der Waals surface area (Å²) in [6, 6.07) is 39.1. The van der Waals surface area contributed by atoms with Gasteiger partial charge in [0.1, 0.15) is 5.75 Å². The van der Waals surface area contributed by atoms with Crippen LogP contribution >= 0.6 is 0 Å². The summed E-state index contributed by atoms with van der Waals surface area (Å²) in [5.74, 6) is 2.11. The number of hydrazine groups is 1. The number of hydrogen-bond donors (Lipinski definition) is 3. The lowest BCUT2D eigenvalue weighted by Gasteiger charge is -2.30. The average molecular weight is 728 g/mol. The monoisotopic (exact) mass is 727 g/mol. The number of amides is 1. The van der Waals surface area contributed by atoms with E-state index in [1.807, 2.05) is 121 Å². The zero-order valence-corrected chi connectivity index (χ0v) is 30.7. The number of ether oxygens (including phenoxy) is 5. The standard InChI is InChI=1S/C44H45N3O7/c1-50-38-28-32(29-39(51-2)40(38)52-3)30-45-47-43(49)44(25-10-14-31-12-6-4-7-13-31)41(35-19-17-34(18-20-35)33-15-8-5-9-16-33)54-42(46-44)36-21-23-37(24-22-36)53-27-11-26-48/h4-10,12-24,28-29,41,45,48H,11,25-27,30H2,1-3H3,(H,47,49)/b14-10+/t41-,44-/m0/s1. The van der Waals surface area contributed by atoms with Gasteiger partial charge in [-0.15, -0.1) is 0 Å². The highest BCUT2D eigenvalue weighted by atomic mass is 16.5. The number of rotatable bonds is 17. The molecule has 1 aliphatic heterocycles. The summed E-state index contributed by atoms with van der Waals surface area (Å²) in [5.41, 5.74) is 10.1. The highest BCUT2D eigenvalue weighted by Gasteiger charge is 2.52. The molecule has 2 atom stereocenters. The van der Waals surface area contributed by atoms with Crippen LogP contribution in [0.25, 0.3) is 17.2 Å². The Bertz CT molecular complexity index is 2010. The van der Waals surface area contributed by atoms with E-state index in [-0.39, 0.29) is 25.5 Å². The molecule has 6 rings (SSSR count). The summed E-state index contributed by atoms with van der Waals surface area (Å²) in [5, 5.41) is 9.15. The zero-order chi connectivity index (χ0) is 37.8. The van der Waals surface area contributed by atoms with Gasteiger partial charge in [0.15, 0.2) is 23.1 Å². The minimum Gasteiger partial charge on any atom is -0.494 e. The smallest absolute Gasteiger partial charge is 0.266 e. The average Bonchev–Trinajstić information content (AvgIpc) is 3.62. The van der Waals surface area contributed by atoms with Gasteiger partial charge >= 0.3 is 0 Å². The Kier molecular flexibility index (Phi) is 12.6. The lowest BCUT2D eigenvalue weighted by molar-refractivity contribution is -0.129. The van der Waals surface area contributed by atoms with Gasteiger partial charge in [-0.25, -0.2) is 10.4 Å². The molecule has 3 N–H and O–H groups in total. The van der Waals surface area contributed by atoms with Crippen LogP contribution in [0.3, 0.4) is 0 Å². The first-order valence-corrected chi connectivity index (χ1v) is 17.8. The fourth-order valence-electron chi connectivity index (χ4n) is 6.31. The van der Waals surface area contributed by atoms with E-state index in [1.165, 1.54) is 0 Å². The van der Waals surface area contributed by atoms with E-state index in [4.69, 9.17) is 33.8 Å². The Morgan fingerprint density at radius 3 is 2.07 bits per heavy atom. The minimum absolute atomic E-state index is 0.0522. The maximum absolute atomic E-state index is 14.7. The molecule has 5 aromatic carbocycles. The van der Waals surface area contributed by atoms with Crippen LogP contribution in [0.5, 0.6) is 23.0 Å².